The van der Waals surface area contributed by atoms with Crippen LogP contribution >= 0.6 is 11.8 Å². The van der Waals surface area contributed by atoms with Crippen molar-refractivity contribution in [2.75, 3.05) is 12.4 Å². The van der Waals surface area contributed by atoms with Crippen molar-refractivity contribution in [3.63, 3.8) is 0 Å². The first-order chi connectivity index (χ1) is 22.6. The van der Waals surface area contributed by atoms with Gasteiger partial charge in [-0.3, -0.25) is 0 Å². The van der Waals surface area contributed by atoms with E-state index in [2.05, 4.69) is 6.92 Å². The maximum atomic E-state index is 14.0. The fourth-order valence-corrected chi connectivity index (χ4v) is 5.24. The normalized spacial score (nSPS) is 13.4. The highest BCUT2D eigenvalue weighted by atomic mass is 32.2. The Balaban J connectivity index is 1.85. The number of hydrogen-bond donors (Lipinski definition) is 0. The Hall–Kier alpha value is -2.85. The Labute approximate surface area is 278 Å². The van der Waals surface area contributed by atoms with Crippen LogP contribution in [0.5, 0.6) is 11.5 Å². The van der Waals surface area contributed by atoms with Gasteiger partial charge in [0.15, 0.2) is 0 Å². The predicted molar refractivity (Wildman–Crippen MR) is 157 cm³/mol. The van der Waals surface area contributed by atoms with Crippen LogP contribution in [0.4, 0.5) is 57.1 Å². The summed E-state index contributed by atoms with van der Waals surface area (Å²) in [5, 5.41) is 0. The molecule has 3 nitrogen and oxygen atoms in total. The maximum Gasteiger partial charge on any atom is 0.460 e. The SMILES string of the molecule is CCCCCCCCCCCOc1ccc(OC(=O)c2ccc(SCCC(F)(F)C(F)(F)C(F)(F)C(F)(F)C(F)(F)C(F)(F)F)cc2)cc1. The summed E-state index contributed by atoms with van der Waals surface area (Å²) < 4.78 is 183. The number of rotatable bonds is 21. The van der Waals surface area contributed by atoms with Crippen molar-refractivity contribution in [2.45, 2.75) is 112 Å². The van der Waals surface area contributed by atoms with E-state index in [9.17, 15) is 61.9 Å². The first-order valence-electron chi connectivity index (χ1n) is 15.3. The molecule has 0 aromatic heterocycles. The monoisotopic (exact) mass is 746 g/mol. The summed E-state index contributed by atoms with van der Waals surface area (Å²) in [6.07, 6.45) is 0.696. The van der Waals surface area contributed by atoms with Crippen LogP contribution in [0, 0.1) is 0 Å². The molecule has 278 valence electrons. The molecule has 17 heteroatoms. The van der Waals surface area contributed by atoms with Gasteiger partial charge in [0.2, 0.25) is 0 Å². The van der Waals surface area contributed by atoms with E-state index in [0.717, 1.165) is 43.5 Å². The highest BCUT2D eigenvalue weighted by Gasteiger charge is 2.90. The Morgan fingerprint density at radius 2 is 1.06 bits per heavy atom. The molecule has 2 rings (SSSR count). The average Bonchev–Trinajstić information content (AvgIpc) is 3.02. The van der Waals surface area contributed by atoms with Crippen molar-refractivity contribution < 1.29 is 71.3 Å². The number of unbranched alkanes of at least 4 members (excludes halogenated alkanes) is 8. The molecule has 49 heavy (non-hydrogen) atoms. The molecular weight excluding hydrogens is 711 g/mol. The Morgan fingerprint density at radius 3 is 1.57 bits per heavy atom. The van der Waals surface area contributed by atoms with Gasteiger partial charge in [0.1, 0.15) is 11.5 Å². The van der Waals surface area contributed by atoms with E-state index in [1.807, 2.05) is 0 Å². The lowest BCUT2D eigenvalue weighted by atomic mass is 9.93. The van der Waals surface area contributed by atoms with E-state index >= 15 is 0 Å². The summed E-state index contributed by atoms with van der Waals surface area (Å²) in [7, 11) is 0. The summed E-state index contributed by atoms with van der Waals surface area (Å²) in [6.45, 7) is 2.69. The summed E-state index contributed by atoms with van der Waals surface area (Å²) in [5.41, 5.74) is -0.0561. The van der Waals surface area contributed by atoms with Gasteiger partial charge in [-0.1, -0.05) is 58.3 Å². The fourth-order valence-electron chi connectivity index (χ4n) is 4.32. The lowest BCUT2D eigenvalue weighted by Crippen LogP contribution is -2.70. The first-order valence-corrected chi connectivity index (χ1v) is 16.2. The number of alkyl halides is 13. The fraction of sp³-hybridized carbons (Fsp3) is 0.594. The first kappa shape index (κ1) is 42.3. The van der Waals surface area contributed by atoms with Gasteiger partial charge in [0.25, 0.3) is 0 Å². The zero-order valence-corrected chi connectivity index (χ0v) is 27.0. The third-order valence-corrected chi connectivity index (χ3v) is 8.34. The van der Waals surface area contributed by atoms with Gasteiger partial charge >= 0.3 is 41.8 Å². The van der Waals surface area contributed by atoms with Crippen LogP contribution in [-0.4, -0.2) is 54.1 Å². The van der Waals surface area contributed by atoms with E-state index in [1.165, 1.54) is 50.7 Å². The van der Waals surface area contributed by atoms with Gasteiger partial charge in [-0.25, -0.2) is 4.79 Å². The lowest BCUT2D eigenvalue weighted by Gasteiger charge is -2.39. The third kappa shape index (κ3) is 10.6. The highest BCUT2D eigenvalue weighted by Crippen LogP contribution is 2.60. The second-order valence-electron chi connectivity index (χ2n) is 11.2. The molecule has 0 atom stereocenters. The molecule has 2 aromatic carbocycles. The zero-order valence-electron chi connectivity index (χ0n) is 26.2. The molecule has 0 amide bonds. The summed E-state index contributed by atoms with van der Waals surface area (Å²) in [4.78, 5) is 12.4. The lowest BCUT2D eigenvalue weighted by molar-refractivity contribution is -0.439. The number of carbonyl (C=O) groups excluding carboxylic acids is 1. The van der Waals surface area contributed by atoms with Crippen molar-refractivity contribution in [2.24, 2.45) is 0 Å². The highest BCUT2D eigenvalue weighted by molar-refractivity contribution is 7.99. The zero-order chi connectivity index (χ0) is 37.2. The minimum atomic E-state index is -7.93. The minimum absolute atomic E-state index is 0.00941. The molecule has 0 N–H and O–H groups in total. The molecule has 0 radical (unpaired) electrons. The molecule has 2 aromatic rings. The molecule has 0 fully saturated rings. The van der Waals surface area contributed by atoms with Crippen molar-refractivity contribution in [1.82, 2.24) is 0 Å². The van der Waals surface area contributed by atoms with Gasteiger partial charge in [-0.15, -0.1) is 11.8 Å². The Kier molecular flexibility index (Phi) is 15.0. The number of carbonyl (C=O) groups is 1. The number of hydrogen-bond acceptors (Lipinski definition) is 4. The van der Waals surface area contributed by atoms with Crippen LogP contribution in [0.1, 0.15) is 81.5 Å². The standard InChI is InChI=1S/C32H35F13O3S/c1-2-3-4-5-6-7-8-9-10-20-47-23-13-15-24(16-14-23)48-26(46)22-11-17-25(18-12-22)49-21-19-27(33,34)28(35,36)29(37,38)30(39,40)31(41,42)32(43,44)45/h11-18H,2-10,19-21H2,1H3. The number of halogens is 13. The van der Waals surface area contributed by atoms with Crippen molar-refractivity contribution in [1.29, 1.82) is 0 Å². The second kappa shape index (κ2) is 17.4. The summed E-state index contributed by atoms with van der Waals surface area (Å²) in [6, 6.07) is 10.6. The van der Waals surface area contributed by atoms with E-state index in [1.54, 1.807) is 12.1 Å². The van der Waals surface area contributed by atoms with Crippen LogP contribution in [0.15, 0.2) is 53.4 Å². The van der Waals surface area contributed by atoms with E-state index in [0.29, 0.717) is 24.1 Å². The van der Waals surface area contributed by atoms with Crippen LogP contribution in [-0.2, 0) is 0 Å². The number of esters is 1. The van der Waals surface area contributed by atoms with Gasteiger partial charge in [0.05, 0.1) is 12.2 Å². The van der Waals surface area contributed by atoms with Gasteiger partial charge in [-0.2, -0.15) is 57.1 Å². The van der Waals surface area contributed by atoms with Crippen molar-refractivity contribution in [3.8, 4) is 11.5 Å². The molecule has 0 aliphatic rings. The smallest absolute Gasteiger partial charge is 0.460 e. The Morgan fingerprint density at radius 1 is 0.592 bits per heavy atom. The number of ether oxygens (including phenoxy) is 2. The molecule has 0 bridgehead atoms. The van der Waals surface area contributed by atoms with Crippen LogP contribution in [0.3, 0.4) is 0 Å². The average molecular weight is 747 g/mol. The van der Waals surface area contributed by atoms with Gasteiger partial charge in [0, 0.05) is 17.1 Å². The van der Waals surface area contributed by atoms with E-state index in [4.69, 9.17) is 9.47 Å². The van der Waals surface area contributed by atoms with Crippen LogP contribution in [0.25, 0.3) is 0 Å². The van der Waals surface area contributed by atoms with Gasteiger partial charge < -0.3 is 9.47 Å². The molecule has 0 aliphatic heterocycles. The van der Waals surface area contributed by atoms with Crippen LogP contribution in [0.2, 0.25) is 0 Å². The van der Waals surface area contributed by atoms with Crippen molar-refractivity contribution in [3.05, 3.63) is 54.1 Å². The molecule has 0 unspecified atom stereocenters. The molecule has 0 saturated heterocycles. The van der Waals surface area contributed by atoms with E-state index in [-0.39, 0.29) is 16.2 Å². The maximum absolute atomic E-state index is 14.0. The molecule has 0 aliphatic carbocycles. The second-order valence-corrected chi connectivity index (χ2v) is 12.3. The quantitative estimate of drug-likeness (QED) is 0.0419. The molecule has 0 spiro atoms. The largest absolute Gasteiger partial charge is 0.494 e. The minimum Gasteiger partial charge on any atom is -0.494 e. The third-order valence-electron chi connectivity index (χ3n) is 7.32. The number of benzene rings is 2. The van der Waals surface area contributed by atoms with Gasteiger partial charge in [-0.05, 0) is 55.0 Å². The number of thioether (sulfide) groups is 1. The predicted octanol–water partition coefficient (Wildman–Crippen LogP) is 12.0. The van der Waals surface area contributed by atoms with E-state index < -0.39 is 53.9 Å². The molecule has 0 saturated carbocycles. The summed E-state index contributed by atoms with van der Waals surface area (Å²) >= 11 is 0.292. The summed E-state index contributed by atoms with van der Waals surface area (Å²) in [5.74, 6) is -38.3. The molecular formula is C32H35F13O3S. The van der Waals surface area contributed by atoms with Crippen molar-refractivity contribution >= 4 is 17.7 Å². The topological polar surface area (TPSA) is 35.5 Å². The molecule has 0 heterocycles. The Bertz CT molecular complexity index is 1300. The van der Waals surface area contributed by atoms with Crippen LogP contribution < -0.4 is 9.47 Å².